The highest BCUT2D eigenvalue weighted by Gasteiger charge is 2.20. The predicted molar refractivity (Wildman–Crippen MR) is 101 cm³/mol. The molecule has 4 nitrogen and oxygen atoms in total. The van der Waals surface area contributed by atoms with Crippen LogP contribution in [0.25, 0.3) is 0 Å². The largest absolute Gasteiger partial charge is 0.399 e. The summed E-state index contributed by atoms with van der Waals surface area (Å²) in [5.74, 6) is 0. The van der Waals surface area contributed by atoms with Gasteiger partial charge in [-0.05, 0) is 63.3 Å². The van der Waals surface area contributed by atoms with Crippen LogP contribution in [0.1, 0.15) is 12.8 Å². The summed E-state index contributed by atoms with van der Waals surface area (Å²) in [6.07, 6.45) is 2.49. The lowest BCUT2D eigenvalue weighted by atomic mass is 10.0. The Labute approximate surface area is 139 Å². The van der Waals surface area contributed by atoms with Crippen LogP contribution in [0.5, 0.6) is 0 Å². The second-order valence-electron chi connectivity index (χ2n) is 6.18. The van der Waals surface area contributed by atoms with E-state index in [4.69, 9.17) is 11.5 Å². The first-order chi connectivity index (χ1) is 11.1. The van der Waals surface area contributed by atoms with E-state index in [2.05, 4.69) is 36.0 Å². The molecule has 3 rings (SSSR count). The summed E-state index contributed by atoms with van der Waals surface area (Å²) in [4.78, 5) is 4.78. The highest BCUT2D eigenvalue weighted by molar-refractivity contribution is 5.53. The summed E-state index contributed by atoms with van der Waals surface area (Å²) in [6.45, 7) is 2.29. The number of piperidine rings is 1. The van der Waals surface area contributed by atoms with E-state index in [0.717, 1.165) is 30.5 Å². The Bertz CT molecular complexity index is 558. The third-order valence-corrected chi connectivity index (χ3v) is 4.25. The van der Waals surface area contributed by atoms with Crippen molar-refractivity contribution in [3.63, 3.8) is 0 Å². The smallest absolute Gasteiger partial charge is 0.0367 e. The molecule has 1 heterocycles. The molecule has 0 radical (unpaired) electrons. The van der Waals surface area contributed by atoms with E-state index in [-0.39, 0.29) is 0 Å². The molecule has 4 heteroatoms. The summed E-state index contributed by atoms with van der Waals surface area (Å²) in [5, 5.41) is 0. The lowest BCUT2D eigenvalue weighted by Gasteiger charge is -2.36. The fourth-order valence-electron chi connectivity index (χ4n) is 2.78. The average molecular weight is 312 g/mol. The van der Waals surface area contributed by atoms with Gasteiger partial charge >= 0.3 is 0 Å². The van der Waals surface area contributed by atoms with Crippen LogP contribution in [0.3, 0.4) is 0 Å². The lowest BCUT2D eigenvalue weighted by Crippen LogP contribution is -2.41. The quantitative estimate of drug-likeness (QED) is 0.837. The fourth-order valence-corrected chi connectivity index (χ4v) is 2.78. The van der Waals surface area contributed by atoms with Crippen LogP contribution in [-0.2, 0) is 0 Å². The maximum Gasteiger partial charge on any atom is 0.0367 e. The molecular weight excluding hydrogens is 284 g/mol. The van der Waals surface area contributed by atoms with Gasteiger partial charge in [-0.3, -0.25) is 0 Å². The first-order valence-electron chi connectivity index (χ1n) is 8.13. The first kappa shape index (κ1) is 17.2. The lowest BCUT2D eigenvalue weighted by molar-refractivity contribution is 0.249. The second kappa shape index (κ2) is 8.44. The van der Waals surface area contributed by atoms with Crippen molar-refractivity contribution < 1.29 is 0 Å². The van der Waals surface area contributed by atoms with E-state index in [1.807, 2.05) is 42.5 Å². The zero-order chi connectivity index (χ0) is 16.7. The van der Waals surface area contributed by atoms with Gasteiger partial charge in [-0.25, -0.2) is 0 Å². The number of benzene rings is 2. The minimum atomic E-state index is 0.741. The van der Waals surface area contributed by atoms with Gasteiger partial charge in [0.2, 0.25) is 0 Å². The van der Waals surface area contributed by atoms with Crippen molar-refractivity contribution in [2.24, 2.45) is 0 Å². The molecule has 4 N–H and O–H groups in total. The van der Waals surface area contributed by atoms with Gasteiger partial charge < -0.3 is 21.3 Å². The number of hydrogen-bond acceptors (Lipinski definition) is 4. The summed E-state index contributed by atoms with van der Waals surface area (Å²) < 4.78 is 0. The fraction of sp³-hybridized carbons (Fsp3) is 0.368. The molecule has 0 atom stereocenters. The van der Waals surface area contributed by atoms with Gasteiger partial charge in [-0.1, -0.05) is 18.2 Å². The van der Waals surface area contributed by atoms with Crippen LogP contribution in [0.2, 0.25) is 0 Å². The molecule has 0 aromatic heterocycles. The average Bonchev–Trinajstić information content (AvgIpc) is 2.57. The molecule has 1 aliphatic heterocycles. The number of anilines is 3. The molecule has 2 aromatic rings. The molecule has 2 aromatic carbocycles. The molecular formula is C19H28N4. The monoisotopic (exact) mass is 312 g/mol. The molecule has 1 fully saturated rings. The van der Waals surface area contributed by atoms with Crippen molar-refractivity contribution in [2.45, 2.75) is 18.9 Å². The number of para-hydroxylation sites is 1. The van der Waals surface area contributed by atoms with Crippen LogP contribution in [-0.4, -0.2) is 38.1 Å². The zero-order valence-corrected chi connectivity index (χ0v) is 14.2. The van der Waals surface area contributed by atoms with E-state index in [1.165, 1.54) is 18.5 Å². The SMILES string of the molecule is CN(C)C1CCN(c2ccc(N)cc2)CC1.Nc1ccccc1. The Kier molecular flexibility index (Phi) is 6.29. The van der Waals surface area contributed by atoms with Gasteiger partial charge in [-0.2, -0.15) is 0 Å². The molecule has 0 aliphatic carbocycles. The van der Waals surface area contributed by atoms with Crippen molar-refractivity contribution in [3.05, 3.63) is 54.6 Å². The van der Waals surface area contributed by atoms with Crippen LogP contribution in [0.15, 0.2) is 54.6 Å². The summed E-state index contributed by atoms with van der Waals surface area (Å²) >= 11 is 0. The molecule has 0 unspecified atom stereocenters. The molecule has 0 bridgehead atoms. The van der Waals surface area contributed by atoms with Crippen LogP contribution in [0.4, 0.5) is 17.1 Å². The van der Waals surface area contributed by atoms with Gasteiger partial charge in [-0.15, -0.1) is 0 Å². The molecule has 1 aliphatic rings. The normalized spacial score (nSPS) is 15.2. The van der Waals surface area contributed by atoms with Gasteiger partial charge in [0.15, 0.2) is 0 Å². The molecule has 1 saturated heterocycles. The Hall–Kier alpha value is -2.20. The number of nitrogen functional groups attached to an aromatic ring is 2. The molecule has 0 amide bonds. The van der Waals surface area contributed by atoms with Crippen molar-refractivity contribution in [2.75, 3.05) is 43.6 Å². The summed E-state index contributed by atoms with van der Waals surface area (Å²) in [6, 6.07) is 18.4. The molecule has 124 valence electrons. The van der Waals surface area contributed by atoms with E-state index in [1.54, 1.807) is 0 Å². The first-order valence-corrected chi connectivity index (χ1v) is 8.13. The molecule has 0 spiro atoms. The minimum absolute atomic E-state index is 0.741. The predicted octanol–water partition coefficient (Wildman–Crippen LogP) is 3.07. The Morgan fingerprint density at radius 3 is 1.78 bits per heavy atom. The third kappa shape index (κ3) is 5.49. The molecule has 23 heavy (non-hydrogen) atoms. The van der Waals surface area contributed by atoms with Crippen molar-refractivity contribution in [1.82, 2.24) is 4.90 Å². The standard InChI is InChI=1S/C13H21N3.C6H7N/c1-15(2)12-7-9-16(10-8-12)13-5-3-11(14)4-6-13;7-6-4-2-1-3-5-6/h3-6,12H,7-10,14H2,1-2H3;1-5H,7H2. The topological polar surface area (TPSA) is 58.5 Å². The maximum atomic E-state index is 5.69. The Balaban J connectivity index is 0.000000229. The van der Waals surface area contributed by atoms with Crippen molar-refractivity contribution in [3.8, 4) is 0 Å². The van der Waals surface area contributed by atoms with Crippen molar-refractivity contribution in [1.29, 1.82) is 0 Å². The van der Waals surface area contributed by atoms with E-state index >= 15 is 0 Å². The highest BCUT2D eigenvalue weighted by atomic mass is 15.2. The summed E-state index contributed by atoms with van der Waals surface area (Å²) in [7, 11) is 4.34. The van der Waals surface area contributed by atoms with Crippen LogP contribution >= 0.6 is 0 Å². The summed E-state index contributed by atoms with van der Waals surface area (Å²) in [5.41, 5.74) is 14.0. The van der Waals surface area contributed by atoms with E-state index in [0.29, 0.717) is 0 Å². The minimum Gasteiger partial charge on any atom is -0.399 e. The van der Waals surface area contributed by atoms with Crippen molar-refractivity contribution >= 4 is 17.1 Å². The van der Waals surface area contributed by atoms with Gasteiger partial charge in [0, 0.05) is 36.2 Å². The second-order valence-corrected chi connectivity index (χ2v) is 6.18. The Morgan fingerprint density at radius 1 is 0.826 bits per heavy atom. The van der Waals surface area contributed by atoms with Gasteiger partial charge in [0.05, 0.1) is 0 Å². The van der Waals surface area contributed by atoms with E-state index in [9.17, 15) is 0 Å². The van der Waals surface area contributed by atoms with Gasteiger partial charge in [0.25, 0.3) is 0 Å². The van der Waals surface area contributed by atoms with Crippen LogP contribution in [0, 0.1) is 0 Å². The zero-order valence-electron chi connectivity index (χ0n) is 14.2. The van der Waals surface area contributed by atoms with Gasteiger partial charge in [0.1, 0.15) is 0 Å². The number of rotatable bonds is 2. The number of nitrogens with zero attached hydrogens (tertiary/aromatic N) is 2. The molecule has 0 saturated carbocycles. The number of nitrogens with two attached hydrogens (primary N) is 2. The van der Waals surface area contributed by atoms with Crippen LogP contribution < -0.4 is 16.4 Å². The van der Waals surface area contributed by atoms with E-state index < -0.39 is 0 Å². The highest BCUT2D eigenvalue weighted by Crippen LogP contribution is 2.22. The third-order valence-electron chi connectivity index (χ3n) is 4.25. The number of hydrogen-bond donors (Lipinski definition) is 2. The maximum absolute atomic E-state index is 5.69. The Morgan fingerprint density at radius 2 is 1.35 bits per heavy atom.